The number of hydrogen-bond acceptors (Lipinski definition) is 7. The zero-order valence-electron chi connectivity index (χ0n) is 14.6. The van der Waals surface area contributed by atoms with E-state index < -0.39 is 0 Å². The van der Waals surface area contributed by atoms with Gasteiger partial charge in [0.15, 0.2) is 0 Å². The van der Waals surface area contributed by atoms with Gasteiger partial charge in [0, 0.05) is 18.5 Å². The van der Waals surface area contributed by atoms with Crippen molar-refractivity contribution in [3.8, 4) is 5.69 Å². The van der Waals surface area contributed by atoms with Gasteiger partial charge in [-0.1, -0.05) is 0 Å². The Morgan fingerprint density at radius 3 is 2.65 bits per heavy atom. The molecule has 0 saturated carbocycles. The average Bonchev–Trinajstić information content (AvgIpc) is 3.07. The van der Waals surface area contributed by atoms with Gasteiger partial charge < -0.3 is 4.90 Å². The number of benzene rings is 1. The highest BCUT2D eigenvalue weighted by Crippen LogP contribution is 2.34. The lowest BCUT2D eigenvalue weighted by Gasteiger charge is -2.15. The number of thioether (sulfide) groups is 1. The molecule has 3 aromatic heterocycles. The molecule has 0 radical (unpaired) electrons. The molecule has 0 unspecified atom stereocenters. The molecular formula is C18H17N5OS2. The largest absolute Gasteiger partial charge is 0.359 e. The van der Waals surface area contributed by atoms with E-state index in [1.54, 1.807) is 29.0 Å². The highest BCUT2D eigenvalue weighted by Gasteiger charge is 2.18. The third-order valence-corrected chi connectivity index (χ3v) is 6.16. The van der Waals surface area contributed by atoms with Crippen LogP contribution in [0.15, 0.2) is 46.6 Å². The summed E-state index contributed by atoms with van der Waals surface area (Å²) in [7, 11) is 1.97. The zero-order valence-corrected chi connectivity index (χ0v) is 16.3. The molecule has 1 aromatic carbocycles. The molecule has 0 amide bonds. The molecule has 4 rings (SSSR count). The van der Waals surface area contributed by atoms with Crippen molar-refractivity contribution < 1.29 is 0 Å². The number of aromatic nitrogens is 4. The van der Waals surface area contributed by atoms with E-state index in [-0.39, 0.29) is 5.56 Å². The Bertz CT molecular complexity index is 1150. The fraction of sp³-hybridized carbons (Fsp3) is 0.222. The topological polar surface area (TPSA) is 63.9 Å². The van der Waals surface area contributed by atoms with Crippen LogP contribution in [0.2, 0.25) is 0 Å². The van der Waals surface area contributed by atoms with Gasteiger partial charge in [0.05, 0.1) is 11.1 Å². The monoisotopic (exact) mass is 383 g/mol. The summed E-state index contributed by atoms with van der Waals surface area (Å²) >= 11 is 3.04. The summed E-state index contributed by atoms with van der Waals surface area (Å²) in [5, 5.41) is 0.846. The molecule has 6 nitrogen and oxygen atoms in total. The van der Waals surface area contributed by atoms with Crippen LogP contribution in [0, 0.1) is 0 Å². The maximum Gasteiger partial charge on any atom is 0.275 e. The number of fused-ring (bicyclic) bond motifs is 3. The van der Waals surface area contributed by atoms with Gasteiger partial charge in [0.25, 0.3) is 5.56 Å². The quantitative estimate of drug-likeness (QED) is 0.502. The summed E-state index contributed by atoms with van der Waals surface area (Å²) in [6.07, 6.45) is 5.16. The first-order chi connectivity index (χ1) is 12.6. The van der Waals surface area contributed by atoms with E-state index in [2.05, 4.69) is 21.9 Å². The fourth-order valence-corrected chi connectivity index (χ4v) is 4.24. The minimum atomic E-state index is -0.0833. The molecule has 132 valence electrons. The lowest BCUT2D eigenvalue weighted by molar-refractivity contribution is 0.940. The van der Waals surface area contributed by atoms with Crippen LogP contribution in [-0.4, -0.2) is 39.4 Å². The predicted molar refractivity (Wildman–Crippen MR) is 109 cm³/mol. The van der Waals surface area contributed by atoms with Crippen molar-refractivity contribution in [2.45, 2.75) is 11.8 Å². The summed E-state index contributed by atoms with van der Waals surface area (Å²) in [6.45, 7) is 2.86. The lowest BCUT2D eigenvalue weighted by atomic mass is 10.3. The van der Waals surface area contributed by atoms with E-state index in [0.29, 0.717) is 10.2 Å². The molecule has 8 heteroatoms. The van der Waals surface area contributed by atoms with Gasteiger partial charge in [0.1, 0.15) is 33.5 Å². The van der Waals surface area contributed by atoms with Crippen LogP contribution in [0.3, 0.4) is 0 Å². The van der Waals surface area contributed by atoms with Gasteiger partial charge in [-0.25, -0.2) is 15.0 Å². The second-order valence-corrected chi connectivity index (χ2v) is 7.67. The Hall–Kier alpha value is -2.45. The molecule has 0 fully saturated rings. The van der Waals surface area contributed by atoms with E-state index in [1.165, 1.54) is 11.3 Å². The number of thiophene rings is 1. The molecule has 0 N–H and O–H groups in total. The number of nitrogens with zero attached hydrogens (tertiary/aromatic N) is 5. The van der Waals surface area contributed by atoms with Crippen molar-refractivity contribution in [1.82, 2.24) is 19.5 Å². The Morgan fingerprint density at radius 1 is 1.19 bits per heavy atom. The molecule has 0 bridgehead atoms. The number of rotatable bonds is 4. The summed E-state index contributed by atoms with van der Waals surface area (Å²) in [5.41, 5.74) is 1.39. The van der Waals surface area contributed by atoms with Gasteiger partial charge in [-0.2, -0.15) is 0 Å². The molecular weight excluding hydrogens is 366 g/mol. The summed E-state index contributed by atoms with van der Waals surface area (Å²) in [4.78, 5) is 30.4. The van der Waals surface area contributed by atoms with Crippen molar-refractivity contribution >= 4 is 49.3 Å². The summed E-state index contributed by atoms with van der Waals surface area (Å²) in [5.74, 6) is 0.803. The first-order valence-electron chi connectivity index (χ1n) is 8.14. The molecule has 0 aliphatic carbocycles. The molecule has 0 saturated heterocycles. The third-order valence-electron chi connectivity index (χ3n) is 4.34. The Labute approximate surface area is 158 Å². The van der Waals surface area contributed by atoms with Gasteiger partial charge in [-0.3, -0.25) is 9.36 Å². The summed E-state index contributed by atoms with van der Waals surface area (Å²) in [6, 6.07) is 7.87. The lowest BCUT2D eigenvalue weighted by Crippen LogP contribution is -2.18. The maximum absolute atomic E-state index is 13.1. The van der Waals surface area contributed by atoms with E-state index in [0.717, 1.165) is 33.2 Å². The maximum atomic E-state index is 13.1. The molecule has 0 aliphatic heterocycles. The second kappa shape index (κ2) is 6.69. The van der Waals surface area contributed by atoms with Crippen molar-refractivity contribution in [2.75, 3.05) is 24.7 Å². The van der Waals surface area contributed by atoms with Crippen LogP contribution in [0.1, 0.15) is 6.92 Å². The molecule has 0 spiro atoms. The van der Waals surface area contributed by atoms with Crippen LogP contribution < -0.4 is 10.5 Å². The molecule has 4 aromatic rings. The van der Waals surface area contributed by atoms with E-state index in [9.17, 15) is 4.79 Å². The standard InChI is InChI=1S/C18H17N5OS2/c1-4-22(2)16-13-14-15(26-17(13)20-9-19-16)18(24)23(10-21-14)11-5-7-12(25-3)8-6-11/h5-10H,4H2,1-3H3. The Kier molecular flexibility index (Phi) is 4.37. The first-order valence-corrected chi connectivity index (χ1v) is 10.2. The highest BCUT2D eigenvalue weighted by atomic mass is 32.2. The van der Waals surface area contributed by atoms with E-state index in [1.807, 2.05) is 42.5 Å². The average molecular weight is 384 g/mol. The smallest absolute Gasteiger partial charge is 0.275 e. The summed E-state index contributed by atoms with van der Waals surface area (Å²) < 4.78 is 2.18. The van der Waals surface area contributed by atoms with Crippen molar-refractivity contribution in [2.24, 2.45) is 0 Å². The Balaban J connectivity index is 1.96. The zero-order chi connectivity index (χ0) is 18.3. The third kappa shape index (κ3) is 2.65. The minimum Gasteiger partial charge on any atom is -0.359 e. The van der Waals surface area contributed by atoms with Gasteiger partial charge in [0.2, 0.25) is 0 Å². The van der Waals surface area contributed by atoms with E-state index >= 15 is 0 Å². The van der Waals surface area contributed by atoms with Crippen molar-refractivity contribution in [3.05, 3.63) is 47.3 Å². The molecule has 26 heavy (non-hydrogen) atoms. The van der Waals surface area contributed by atoms with Gasteiger partial charge in [-0.15, -0.1) is 23.1 Å². The fourth-order valence-electron chi connectivity index (χ4n) is 2.82. The molecule has 0 aliphatic rings. The predicted octanol–water partition coefficient (Wildman–Crippen LogP) is 3.57. The highest BCUT2D eigenvalue weighted by molar-refractivity contribution is 7.98. The van der Waals surface area contributed by atoms with Crippen LogP contribution >= 0.6 is 23.1 Å². The van der Waals surface area contributed by atoms with Crippen molar-refractivity contribution in [1.29, 1.82) is 0 Å². The van der Waals surface area contributed by atoms with Gasteiger partial charge in [-0.05, 0) is 37.4 Å². The molecule has 3 heterocycles. The number of hydrogen-bond donors (Lipinski definition) is 0. The van der Waals surface area contributed by atoms with Crippen LogP contribution in [0.25, 0.3) is 26.1 Å². The SMILES string of the molecule is CCN(C)c1ncnc2sc3c(=O)n(-c4ccc(SC)cc4)cnc3c12. The van der Waals surface area contributed by atoms with Gasteiger partial charge >= 0.3 is 0 Å². The van der Waals surface area contributed by atoms with Crippen LogP contribution in [0.4, 0.5) is 5.82 Å². The Morgan fingerprint density at radius 2 is 1.96 bits per heavy atom. The van der Waals surface area contributed by atoms with Crippen LogP contribution in [-0.2, 0) is 0 Å². The molecule has 0 atom stereocenters. The van der Waals surface area contributed by atoms with Crippen LogP contribution in [0.5, 0.6) is 0 Å². The van der Waals surface area contributed by atoms with E-state index in [4.69, 9.17) is 0 Å². The second-order valence-electron chi connectivity index (χ2n) is 5.79. The number of anilines is 1. The van der Waals surface area contributed by atoms with Crippen molar-refractivity contribution in [3.63, 3.8) is 0 Å². The normalized spacial score (nSPS) is 11.3. The first kappa shape index (κ1) is 17.0. The minimum absolute atomic E-state index is 0.0833.